The predicted octanol–water partition coefficient (Wildman–Crippen LogP) is 1.63. The quantitative estimate of drug-likeness (QED) is 0.481. The van der Waals surface area contributed by atoms with E-state index in [4.69, 9.17) is 5.73 Å². The average molecular weight is 91.2 g/mol. The maximum absolute atomic E-state index is 4.85. The first kappa shape index (κ1) is 9.35. The first-order valence-corrected chi connectivity index (χ1v) is 2.53. The highest BCUT2D eigenvalue weighted by Crippen LogP contribution is 1.56. The predicted molar refractivity (Wildman–Crippen MR) is 32.8 cm³/mol. The van der Waals surface area contributed by atoms with Crippen LogP contribution >= 0.6 is 0 Å². The number of nitrogens with two attached hydrogens (primary N) is 1. The summed E-state index contributed by atoms with van der Waals surface area (Å²) in [6.45, 7) is 6.90. The second-order valence-corrected chi connectivity index (χ2v) is 1.12. The van der Waals surface area contributed by atoms with E-state index in [1.54, 1.807) is 0 Å². The Morgan fingerprint density at radius 1 is 1.33 bits per heavy atom. The van der Waals surface area contributed by atoms with Crippen LogP contribution in [0.5, 0.6) is 0 Å². The van der Waals surface area contributed by atoms with Crippen LogP contribution in [0.1, 0.15) is 28.6 Å². The molecule has 0 rings (SSSR count). The van der Waals surface area contributed by atoms with E-state index in [0.29, 0.717) is 0 Å². The highest BCUT2D eigenvalue weighted by molar-refractivity contribution is 4.00. The fourth-order valence-electron chi connectivity index (χ4n) is 0. The van der Waals surface area contributed by atoms with Gasteiger partial charge in [-0.2, -0.15) is 0 Å². The minimum atomic E-state index is 0. The van der Waals surface area contributed by atoms with Gasteiger partial charge in [0.1, 0.15) is 0 Å². The van der Waals surface area contributed by atoms with Crippen molar-refractivity contribution in [3.8, 4) is 0 Å². The molecule has 0 aromatic heterocycles. The summed E-state index contributed by atoms with van der Waals surface area (Å²) in [6.07, 6.45) is 1.25. The molecule has 0 fully saturated rings. The molecule has 0 heterocycles. The highest BCUT2D eigenvalue weighted by atomic mass is 14.5. The van der Waals surface area contributed by atoms with Crippen molar-refractivity contribution in [1.82, 2.24) is 0 Å². The standard InChI is InChI=1S/C3H8.C2H7N.H2/c1-3-2;1-2-3;/h3H2,1-2H3;2-3H2,1H3;1H. The van der Waals surface area contributed by atoms with Gasteiger partial charge < -0.3 is 5.73 Å². The smallest absolute Gasteiger partial charge is 0 e. The van der Waals surface area contributed by atoms with E-state index >= 15 is 0 Å². The molecule has 0 unspecified atom stereocenters. The van der Waals surface area contributed by atoms with Crippen molar-refractivity contribution in [2.24, 2.45) is 5.73 Å². The second kappa shape index (κ2) is 20.2. The molecule has 0 saturated carbocycles. The van der Waals surface area contributed by atoms with Crippen LogP contribution in [0.25, 0.3) is 0 Å². The van der Waals surface area contributed by atoms with Crippen LogP contribution in [0, 0.1) is 0 Å². The minimum Gasteiger partial charge on any atom is -0.331 e. The van der Waals surface area contributed by atoms with Crippen molar-refractivity contribution in [2.75, 3.05) is 6.54 Å². The van der Waals surface area contributed by atoms with Crippen LogP contribution in [0.2, 0.25) is 0 Å². The average Bonchev–Trinajstić information content (AvgIpc) is 1.39. The third kappa shape index (κ3) is 21700. The summed E-state index contributed by atoms with van der Waals surface area (Å²) in [5.41, 5.74) is 4.85. The van der Waals surface area contributed by atoms with E-state index in [1.807, 2.05) is 6.92 Å². The lowest BCUT2D eigenvalue weighted by molar-refractivity contribution is 1.09. The lowest BCUT2D eigenvalue weighted by Gasteiger charge is -1.53. The fraction of sp³-hybridized carbons (Fsp3) is 1.00. The molecule has 1 heteroatoms. The van der Waals surface area contributed by atoms with Gasteiger partial charge in [-0.3, -0.25) is 0 Å². The maximum Gasteiger partial charge on any atom is 0 e. The molecule has 0 aliphatic heterocycles. The summed E-state index contributed by atoms with van der Waals surface area (Å²) >= 11 is 0. The summed E-state index contributed by atoms with van der Waals surface area (Å²) in [4.78, 5) is 0. The van der Waals surface area contributed by atoms with Gasteiger partial charge in [-0.05, 0) is 6.54 Å². The molecule has 0 bridgehead atoms. The van der Waals surface area contributed by atoms with Gasteiger partial charge in [0.15, 0.2) is 0 Å². The third-order valence-corrected chi connectivity index (χ3v) is 0. The minimum absolute atomic E-state index is 0. The van der Waals surface area contributed by atoms with Gasteiger partial charge in [-0.1, -0.05) is 27.2 Å². The summed E-state index contributed by atoms with van der Waals surface area (Å²) in [6, 6.07) is 0. The van der Waals surface area contributed by atoms with Crippen LogP contribution in [0.4, 0.5) is 0 Å². The lowest BCUT2D eigenvalue weighted by Crippen LogP contribution is -1.87. The van der Waals surface area contributed by atoms with Crippen molar-refractivity contribution >= 4 is 0 Å². The zero-order valence-electron chi connectivity index (χ0n) is 4.99. The Morgan fingerprint density at radius 3 is 1.33 bits per heavy atom. The molecular formula is C5H17N. The molecule has 0 amide bonds. The first-order valence-electron chi connectivity index (χ1n) is 2.53. The Morgan fingerprint density at radius 2 is 1.33 bits per heavy atom. The summed E-state index contributed by atoms with van der Waals surface area (Å²) in [7, 11) is 0. The molecule has 0 aromatic carbocycles. The Hall–Kier alpha value is -0.0400. The van der Waals surface area contributed by atoms with Crippen LogP contribution in [-0.4, -0.2) is 6.54 Å². The van der Waals surface area contributed by atoms with Crippen LogP contribution in [0.15, 0.2) is 0 Å². The van der Waals surface area contributed by atoms with Gasteiger partial charge in [0.05, 0.1) is 0 Å². The van der Waals surface area contributed by atoms with Crippen molar-refractivity contribution in [3.63, 3.8) is 0 Å². The second-order valence-electron chi connectivity index (χ2n) is 1.12. The first-order chi connectivity index (χ1) is 2.83. The molecule has 6 heavy (non-hydrogen) atoms. The van der Waals surface area contributed by atoms with E-state index in [0.717, 1.165) is 6.54 Å². The van der Waals surface area contributed by atoms with E-state index in [9.17, 15) is 0 Å². The summed E-state index contributed by atoms with van der Waals surface area (Å²) < 4.78 is 0. The van der Waals surface area contributed by atoms with Crippen LogP contribution in [0.3, 0.4) is 0 Å². The van der Waals surface area contributed by atoms with E-state index in [-0.39, 0.29) is 1.43 Å². The van der Waals surface area contributed by atoms with Crippen molar-refractivity contribution < 1.29 is 1.43 Å². The fourth-order valence-corrected chi connectivity index (χ4v) is 0. The Kier molecular flexibility index (Phi) is 31.6. The molecule has 0 aliphatic carbocycles. The molecule has 0 aliphatic rings. The molecule has 2 N–H and O–H groups in total. The largest absolute Gasteiger partial charge is 0.331 e. The molecule has 42 valence electrons. The summed E-state index contributed by atoms with van der Waals surface area (Å²) in [5.74, 6) is 0. The van der Waals surface area contributed by atoms with Gasteiger partial charge >= 0.3 is 0 Å². The van der Waals surface area contributed by atoms with E-state index < -0.39 is 0 Å². The van der Waals surface area contributed by atoms with Gasteiger partial charge in [0, 0.05) is 1.43 Å². The third-order valence-electron chi connectivity index (χ3n) is 0. The highest BCUT2D eigenvalue weighted by Gasteiger charge is 1.35. The Bertz CT molecular complexity index is 10.0. The molecule has 0 aromatic rings. The number of hydrogen-bond donors (Lipinski definition) is 1. The summed E-state index contributed by atoms with van der Waals surface area (Å²) in [5, 5.41) is 0. The van der Waals surface area contributed by atoms with Gasteiger partial charge in [0.25, 0.3) is 0 Å². The SMILES string of the molecule is CCC.CCN.[HH]. The Labute approximate surface area is 42.0 Å². The van der Waals surface area contributed by atoms with E-state index in [1.165, 1.54) is 6.42 Å². The van der Waals surface area contributed by atoms with Gasteiger partial charge in [0.2, 0.25) is 0 Å². The number of hydrogen-bond acceptors (Lipinski definition) is 1. The Balaban J connectivity index is -0.0000000400. The molecule has 0 saturated heterocycles. The normalized spacial score (nSPS) is 6.00. The molecule has 1 nitrogen and oxygen atoms in total. The van der Waals surface area contributed by atoms with Crippen LogP contribution in [-0.2, 0) is 0 Å². The van der Waals surface area contributed by atoms with Crippen molar-refractivity contribution in [1.29, 1.82) is 0 Å². The van der Waals surface area contributed by atoms with Crippen molar-refractivity contribution in [3.05, 3.63) is 0 Å². The lowest BCUT2D eigenvalue weighted by atomic mass is 10.6. The molecular weight excluding hydrogens is 74.1 g/mol. The topological polar surface area (TPSA) is 26.0 Å². The molecule has 0 atom stereocenters. The van der Waals surface area contributed by atoms with E-state index in [2.05, 4.69) is 13.8 Å². The van der Waals surface area contributed by atoms with Crippen molar-refractivity contribution in [2.45, 2.75) is 27.2 Å². The zero-order chi connectivity index (χ0) is 5.41. The molecule has 0 spiro atoms. The van der Waals surface area contributed by atoms with Gasteiger partial charge in [-0.25, -0.2) is 0 Å². The number of rotatable bonds is 0. The maximum atomic E-state index is 4.85. The monoisotopic (exact) mass is 91.1 g/mol. The molecule has 0 radical (unpaired) electrons. The zero-order valence-corrected chi connectivity index (χ0v) is 4.99. The van der Waals surface area contributed by atoms with Crippen LogP contribution < -0.4 is 5.73 Å². The van der Waals surface area contributed by atoms with Gasteiger partial charge in [-0.15, -0.1) is 0 Å².